The van der Waals surface area contributed by atoms with E-state index in [-0.39, 0.29) is 23.4 Å². The van der Waals surface area contributed by atoms with Crippen molar-refractivity contribution in [2.24, 2.45) is 0 Å². The molecule has 2 amide bonds. The van der Waals surface area contributed by atoms with Crippen LogP contribution in [-0.4, -0.2) is 63.2 Å². The van der Waals surface area contributed by atoms with E-state index in [1.165, 1.54) is 11.8 Å². The number of rotatable bonds is 15. The van der Waals surface area contributed by atoms with Gasteiger partial charge >= 0.3 is 0 Å². The lowest BCUT2D eigenvalue weighted by Crippen LogP contribution is -2.54. The van der Waals surface area contributed by atoms with Gasteiger partial charge in [-0.3, -0.25) is 13.9 Å². The molecule has 3 aromatic rings. The zero-order valence-electron chi connectivity index (χ0n) is 25.8. The van der Waals surface area contributed by atoms with E-state index < -0.39 is 28.5 Å². The number of sulfonamides is 1. The Balaban J connectivity index is 1.68. The molecule has 44 heavy (non-hydrogen) atoms. The number of nitrogens with zero attached hydrogens (tertiary/aromatic N) is 2. The van der Waals surface area contributed by atoms with E-state index in [9.17, 15) is 18.0 Å². The Hall–Kier alpha value is -3.50. The smallest absolute Gasteiger partial charge is 0.264 e. The third kappa shape index (κ3) is 8.57. The Labute approximate surface area is 266 Å². The van der Waals surface area contributed by atoms with E-state index in [1.807, 2.05) is 50.4 Å². The summed E-state index contributed by atoms with van der Waals surface area (Å²) in [7, 11) is -4.14. The molecule has 0 bridgehead atoms. The van der Waals surface area contributed by atoms with Gasteiger partial charge in [0.15, 0.2) is 0 Å². The third-order valence-corrected chi connectivity index (χ3v) is 10.5. The number of hydrogen-bond acceptors (Lipinski definition) is 6. The van der Waals surface area contributed by atoms with Gasteiger partial charge in [-0.1, -0.05) is 50.1 Å². The van der Waals surface area contributed by atoms with Crippen LogP contribution in [0.15, 0.2) is 88.7 Å². The lowest BCUT2D eigenvalue weighted by atomic mass is 10.1. The van der Waals surface area contributed by atoms with Gasteiger partial charge in [-0.2, -0.15) is 0 Å². The Morgan fingerprint density at radius 3 is 2.20 bits per heavy atom. The fraction of sp³-hybridized carbons (Fsp3) is 0.412. The molecule has 1 N–H and O–H groups in total. The first-order valence-electron chi connectivity index (χ1n) is 15.3. The second-order valence-corrected chi connectivity index (χ2v) is 13.6. The molecule has 1 fully saturated rings. The van der Waals surface area contributed by atoms with Gasteiger partial charge in [0.1, 0.15) is 18.3 Å². The Morgan fingerprint density at radius 1 is 0.955 bits per heavy atom. The fourth-order valence-electron chi connectivity index (χ4n) is 5.54. The molecule has 0 spiro atoms. The minimum Gasteiger partial charge on any atom is -0.494 e. The van der Waals surface area contributed by atoms with Crippen LogP contribution in [0.4, 0.5) is 5.69 Å². The first-order chi connectivity index (χ1) is 21.3. The zero-order chi connectivity index (χ0) is 31.5. The van der Waals surface area contributed by atoms with Crippen LogP contribution < -0.4 is 14.4 Å². The summed E-state index contributed by atoms with van der Waals surface area (Å²) in [5.41, 5.74) is 1.36. The Bertz CT molecular complexity index is 1460. The van der Waals surface area contributed by atoms with E-state index >= 15 is 0 Å². The highest BCUT2D eigenvalue weighted by Gasteiger charge is 2.34. The van der Waals surface area contributed by atoms with Crippen LogP contribution in [0.1, 0.15) is 51.5 Å². The van der Waals surface area contributed by atoms with Gasteiger partial charge in [0.25, 0.3) is 10.0 Å². The van der Waals surface area contributed by atoms with Gasteiger partial charge < -0.3 is 15.0 Å². The van der Waals surface area contributed by atoms with Crippen LogP contribution in [0.3, 0.4) is 0 Å². The molecule has 1 unspecified atom stereocenters. The van der Waals surface area contributed by atoms with Crippen LogP contribution >= 0.6 is 11.8 Å². The Kier molecular flexibility index (Phi) is 12.1. The number of carbonyl (C=O) groups is 2. The van der Waals surface area contributed by atoms with Crippen molar-refractivity contribution in [3.63, 3.8) is 0 Å². The summed E-state index contributed by atoms with van der Waals surface area (Å²) in [5.74, 6) is -0.0279. The topological polar surface area (TPSA) is 96.0 Å². The molecule has 1 aliphatic carbocycles. The molecule has 0 heterocycles. The molecule has 1 atom stereocenters. The number of ether oxygens (including phenoxy) is 1. The van der Waals surface area contributed by atoms with Crippen molar-refractivity contribution in [2.45, 2.75) is 74.2 Å². The largest absolute Gasteiger partial charge is 0.494 e. The summed E-state index contributed by atoms with van der Waals surface area (Å²) in [6.45, 7) is 4.05. The number of anilines is 1. The second-order valence-electron chi connectivity index (χ2n) is 10.9. The molecule has 1 aliphatic rings. The van der Waals surface area contributed by atoms with Crippen LogP contribution in [0.25, 0.3) is 0 Å². The number of thioether (sulfide) groups is 1. The Morgan fingerprint density at radius 2 is 1.61 bits per heavy atom. The summed E-state index contributed by atoms with van der Waals surface area (Å²) in [4.78, 5) is 30.4. The summed E-state index contributed by atoms with van der Waals surface area (Å²) < 4.78 is 34.9. The maximum atomic E-state index is 14.2. The van der Waals surface area contributed by atoms with Crippen LogP contribution in [0, 0.1) is 0 Å². The molecular weight excluding hydrogens is 595 g/mol. The molecule has 236 valence electrons. The van der Waals surface area contributed by atoms with Gasteiger partial charge in [0.05, 0.1) is 17.2 Å². The van der Waals surface area contributed by atoms with Gasteiger partial charge in [-0.05, 0) is 93.0 Å². The summed E-state index contributed by atoms with van der Waals surface area (Å²) in [5, 5.41) is 3.15. The summed E-state index contributed by atoms with van der Waals surface area (Å²) >= 11 is 1.52. The van der Waals surface area contributed by atoms with E-state index in [0.29, 0.717) is 30.9 Å². The molecule has 1 saturated carbocycles. The average molecular weight is 638 g/mol. The third-order valence-electron chi connectivity index (χ3n) is 7.93. The van der Waals surface area contributed by atoms with Gasteiger partial charge in [0.2, 0.25) is 11.8 Å². The van der Waals surface area contributed by atoms with Crippen molar-refractivity contribution in [2.75, 3.05) is 30.3 Å². The summed E-state index contributed by atoms with van der Waals surface area (Å²) in [6.07, 6.45) is 6.87. The van der Waals surface area contributed by atoms with Gasteiger partial charge in [-0.15, -0.1) is 11.8 Å². The van der Waals surface area contributed by atoms with E-state index in [4.69, 9.17) is 4.74 Å². The molecule has 0 radical (unpaired) electrons. The quantitative estimate of drug-likeness (QED) is 0.208. The predicted molar refractivity (Wildman–Crippen MR) is 177 cm³/mol. The number of nitrogens with one attached hydrogen (secondary N) is 1. The SMILES string of the molecule is CCOc1ccc(N(CC(=O)N(CCc2ccccc2)C(CC)C(=O)NC2CCCC2)S(=O)(=O)c2ccc(SC)cc2)cc1. The number of benzene rings is 3. The van der Waals surface area contributed by atoms with E-state index in [0.717, 1.165) is 40.4 Å². The van der Waals surface area contributed by atoms with E-state index in [1.54, 1.807) is 53.4 Å². The molecule has 0 aliphatic heterocycles. The number of amides is 2. The summed E-state index contributed by atoms with van der Waals surface area (Å²) in [6, 6.07) is 22.5. The van der Waals surface area contributed by atoms with Crippen LogP contribution in [0.5, 0.6) is 5.75 Å². The maximum absolute atomic E-state index is 14.2. The minimum absolute atomic E-state index is 0.0823. The molecule has 0 saturated heterocycles. The van der Waals surface area contributed by atoms with Crippen molar-refractivity contribution in [1.82, 2.24) is 10.2 Å². The predicted octanol–water partition coefficient (Wildman–Crippen LogP) is 5.91. The van der Waals surface area contributed by atoms with Gasteiger partial charge in [-0.25, -0.2) is 8.42 Å². The monoisotopic (exact) mass is 637 g/mol. The highest BCUT2D eigenvalue weighted by Crippen LogP contribution is 2.28. The first kappa shape index (κ1) is 33.4. The molecule has 10 heteroatoms. The molecule has 8 nitrogen and oxygen atoms in total. The molecule has 3 aromatic carbocycles. The molecule has 4 rings (SSSR count). The van der Waals surface area contributed by atoms with Gasteiger partial charge in [0, 0.05) is 17.5 Å². The number of hydrogen-bond donors (Lipinski definition) is 1. The van der Waals surface area contributed by atoms with Crippen molar-refractivity contribution in [1.29, 1.82) is 0 Å². The van der Waals surface area contributed by atoms with Crippen molar-refractivity contribution in [3.05, 3.63) is 84.4 Å². The molecule has 0 aromatic heterocycles. The highest BCUT2D eigenvalue weighted by atomic mass is 32.2. The van der Waals surface area contributed by atoms with Crippen molar-refractivity contribution in [3.8, 4) is 5.75 Å². The molecular formula is C34H43N3O5S2. The standard InChI is InChI=1S/C34H43N3O5S2/c1-4-32(34(39)35-27-13-9-10-14-27)36(24-23-26-11-7-6-8-12-26)33(38)25-37(28-15-17-29(18-16-28)42-5-2)44(40,41)31-21-19-30(43-3)20-22-31/h6-8,11-12,15-22,27,32H,4-5,9-10,13-14,23-25H2,1-3H3,(H,35,39). The maximum Gasteiger partial charge on any atom is 0.264 e. The zero-order valence-corrected chi connectivity index (χ0v) is 27.4. The normalized spacial score (nSPS) is 14.2. The second kappa shape index (κ2) is 16.0. The van der Waals surface area contributed by atoms with E-state index in [2.05, 4.69) is 5.32 Å². The minimum atomic E-state index is -4.14. The lowest BCUT2D eigenvalue weighted by Gasteiger charge is -2.33. The van der Waals surface area contributed by atoms with Crippen LogP contribution in [0.2, 0.25) is 0 Å². The lowest BCUT2D eigenvalue weighted by molar-refractivity contribution is -0.139. The number of carbonyl (C=O) groups excluding carboxylic acids is 2. The van der Waals surface area contributed by atoms with Crippen molar-refractivity contribution >= 4 is 39.3 Å². The van der Waals surface area contributed by atoms with Crippen molar-refractivity contribution < 1.29 is 22.7 Å². The van der Waals surface area contributed by atoms with Crippen LogP contribution in [-0.2, 0) is 26.0 Å². The fourth-order valence-corrected chi connectivity index (χ4v) is 7.36. The average Bonchev–Trinajstić information content (AvgIpc) is 3.55. The highest BCUT2D eigenvalue weighted by molar-refractivity contribution is 7.98. The first-order valence-corrected chi connectivity index (χ1v) is 18.0.